The first kappa shape index (κ1) is 20.4. The van der Waals surface area contributed by atoms with Gasteiger partial charge in [-0.2, -0.15) is 0 Å². The number of carbonyl (C=O) groups is 2. The van der Waals surface area contributed by atoms with E-state index in [4.69, 9.17) is 9.47 Å². The van der Waals surface area contributed by atoms with Crippen LogP contribution in [0.4, 0.5) is 10.5 Å². The summed E-state index contributed by atoms with van der Waals surface area (Å²) in [5.74, 6) is -0.115. The average Bonchev–Trinajstić information content (AvgIpc) is 2.49. The molecule has 1 rings (SSSR count). The van der Waals surface area contributed by atoms with Crippen LogP contribution in [0.3, 0.4) is 0 Å². The molecular formula is C17H24N2O6. The highest BCUT2D eigenvalue weighted by Crippen LogP contribution is 2.18. The van der Waals surface area contributed by atoms with E-state index in [1.807, 2.05) is 0 Å². The molecule has 0 heterocycles. The van der Waals surface area contributed by atoms with Gasteiger partial charge in [0.15, 0.2) is 0 Å². The van der Waals surface area contributed by atoms with E-state index in [0.717, 1.165) is 12.8 Å². The summed E-state index contributed by atoms with van der Waals surface area (Å²) >= 11 is 0. The van der Waals surface area contributed by atoms with Gasteiger partial charge in [0, 0.05) is 25.1 Å². The number of hydrogen-bond acceptors (Lipinski definition) is 6. The van der Waals surface area contributed by atoms with Crippen molar-refractivity contribution in [1.29, 1.82) is 0 Å². The number of nitrogens with one attached hydrogen (secondary N) is 1. The van der Waals surface area contributed by atoms with Gasteiger partial charge in [-0.3, -0.25) is 14.9 Å². The van der Waals surface area contributed by atoms with Gasteiger partial charge in [-0.25, -0.2) is 4.79 Å². The Labute approximate surface area is 146 Å². The molecule has 0 aliphatic rings. The monoisotopic (exact) mass is 352 g/mol. The summed E-state index contributed by atoms with van der Waals surface area (Å²) in [4.78, 5) is 33.1. The second-order valence-corrected chi connectivity index (χ2v) is 6.46. The van der Waals surface area contributed by atoms with Crippen LogP contribution < -0.4 is 10.1 Å². The summed E-state index contributed by atoms with van der Waals surface area (Å²) < 4.78 is 10.2. The maximum absolute atomic E-state index is 11.7. The van der Waals surface area contributed by atoms with Crippen LogP contribution in [0, 0.1) is 10.1 Å². The zero-order chi connectivity index (χ0) is 18.9. The third-order valence-corrected chi connectivity index (χ3v) is 3.01. The second-order valence-electron chi connectivity index (χ2n) is 6.46. The van der Waals surface area contributed by atoms with E-state index in [-0.39, 0.29) is 17.9 Å². The van der Waals surface area contributed by atoms with E-state index in [0.29, 0.717) is 13.0 Å². The molecule has 0 spiro atoms. The van der Waals surface area contributed by atoms with Gasteiger partial charge in [0.1, 0.15) is 11.4 Å². The minimum absolute atomic E-state index is 0.0581. The fourth-order valence-corrected chi connectivity index (χ4v) is 1.89. The molecule has 0 aliphatic carbocycles. The molecule has 0 unspecified atom stereocenters. The number of non-ortho nitro benzene ring substituents is 1. The third kappa shape index (κ3) is 9.29. The number of ether oxygens (including phenoxy) is 2. The van der Waals surface area contributed by atoms with E-state index in [1.54, 1.807) is 20.8 Å². The quantitative estimate of drug-likeness (QED) is 0.252. The van der Waals surface area contributed by atoms with Gasteiger partial charge in [-0.05, 0) is 45.7 Å². The van der Waals surface area contributed by atoms with E-state index < -0.39 is 22.6 Å². The Hall–Kier alpha value is -2.64. The van der Waals surface area contributed by atoms with Gasteiger partial charge >= 0.3 is 12.1 Å². The molecule has 1 N–H and O–H groups in total. The van der Waals surface area contributed by atoms with Crippen LogP contribution in [0.2, 0.25) is 0 Å². The van der Waals surface area contributed by atoms with Gasteiger partial charge in [0.25, 0.3) is 5.69 Å². The number of nitrogens with zero attached hydrogens (tertiary/aromatic N) is 1. The van der Waals surface area contributed by atoms with Crippen molar-refractivity contribution in [3.63, 3.8) is 0 Å². The molecule has 138 valence electrons. The molecule has 0 aliphatic heterocycles. The lowest BCUT2D eigenvalue weighted by Crippen LogP contribution is -2.33. The van der Waals surface area contributed by atoms with Crippen molar-refractivity contribution in [3.05, 3.63) is 34.4 Å². The largest absolute Gasteiger partial charge is 0.444 e. The van der Waals surface area contributed by atoms with Gasteiger partial charge in [-0.15, -0.1) is 0 Å². The lowest BCUT2D eigenvalue weighted by molar-refractivity contribution is -0.384. The van der Waals surface area contributed by atoms with Crippen molar-refractivity contribution in [3.8, 4) is 5.75 Å². The number of nitro groups is 1. The second kappa shape index (κ2) is 9.61. The van der Waals surface area contributed by atoms with Crippen LogP contribution in [0.15, 0.2) is 24.3 Å². The molecule has 1 aromatic rings. The number of hydrogen-bond donors (Lipinski definition) is 1. The topological polar surface area (TPSA) is 108 Å². The summed E-state index contributed by atoms with van der Waals surface area (Å²) in [5, 5.41) is 13.2. The normalized spacial score (nSPS) is 10.8. The molecule has 0 aromatic heterocycles. The van der Waals surface area contributed by atoms with Crippen LogP contribution in [-0.4, -0.2) is 29.1 Å². The number of amides is 1. The van der Waals surface area contributed by atoms with Crippen LogP contribution in [0.1, 0.15) is 46.5 Å². The molecule has 0 bridgehead atoms. The van der Waals surface area contributed by atoms with E-state index in [1.165, 1.54) is 24.3 Å². The van der Waals surface area contributed by atoms with E-state index >= 15 is 0 Å². The van der Waals surface area contributed by atoms with Gasteiger partial charge in [0.2, 0.25) is 0 Å². The van der Waals surface area contributed by atoms with E-state index in [2.05, 4.69) is 5.32 Å². The number of carbonyl (C=O) groups excluding carboxylic acids is 2. The molecule has 0 saturated carbocycles. The lowest BCUT2D eigenvalue weighted by atomic mass is 10.2. The lowest BCUT2D eigenvalue weighted by Gasteiger charge is -2.19. The Balaban J connectivity index is 2.14. The molecule has 1 amide bonds. The zero-order valence-electron chi connectivity index (χ0n) is 14.7. The minimum Gasteiger partial charge on any atom is -0.444 e. The fourth-order valence-electron chi connectivity index (χ4n) is 1.89. The molecule has 25 heavy (non-hydrogen) atoms. The Kier molecular flexibility index (Phi) is 7.84. The molecule has 0 fully saturated rings. The van der Waals surface area contributed by atoms with Crippen LogP contribution >= 0.6 is 0 Å². The zero-order valence-corrected chi connectivity index (χ0v) is 14.7. The fraction of sp³-hybridized carbons (Fsp3) is 0.529. The molecule has 8 nitrogen and oxygen atoms in total. The predicted molar refractivity (Wildman–Crippen MR) is 91.4 cm³/mol. The summed E-state index contributed by atoms with van der Waals surface area (Å²) in [6.07, 6.45) is 1.89. The Morgan fingerprint density at radius 1 is 1.12 bits per heavy atom. The Bertz CT molecular complexity index is 592. The third-order valence-electron chi connectivity index (χ3n) is 3.01. The average molecular weight is 352 g/mol. The highest BCUT2D eigenvalue weighted by atomic mass is 16.6. The molecular weight excluding hydrogens is 328 g/mol. The van der Waals surface area contributed by atoms with Crippen molar-refractivity contribution in [1.82, 2.24) is 5.32 Å². The first-order chi connectivity index (χ1) is 11.7. The summed E-state index contributed by atoms with van der Waals surface area (Å²) in [5.41, 5.74) is -0.580. The number of rotatable bonds is 8. The van der Waals surface area contributed by atoms with Crippen molar-refractivity contribution < 1.29 is 24.0 Å². The minimum atomic E-state index is -0.522. The highest BCUT2D eigenvalue weighted by molar-refractivity contribution is 5.72. The number of esters is 1. The van der Waals surface area contributed by atoms with Gasteiger partial charge in [0.05, 0.1) is 4.92 Å². The maximum Gasteiger partial charge on any atom is 0.407 e. The van der Waals surface area contributed by atoms with E-state index in [9.17, 15) is 19.7 Å². The summed E-state index contributed by atoms with van der Waals surface area (Å²) in [6.45, 7) is 5.86. The van der Waals surface area contributed by atoms with Crippen molar-refractivity contribution in [2.75, 3.05) is 6.54 Å². The number of alkyl carbamates (subject to hydrolysis) is 1. The molecule has 0 atom stereocenters. The van der Waals surface area contributed by atoms with Crippen LogP contribution in [0.5, 0.6) is 5.75 Å². The Morgan fingerprint density at radius 2 is 1.76 bits per heavy atom. The maximum atomic E-state index is 11.7. The smallest absolute Gasteiger partial charge is 0.407 e. The SMILES string of the molecule is CC(C)(C)OC(=O)NCCCCCC(=O)Oc1ccc([N+](=O)[O-])cc1. The number of unbranched alkanes of at least 4 members (excludes halogenated alkanes) is 2. The number of benzene rings is 1. The predicted octanol–water partition coefficient (Wildman–Crippen LogP) is 3.59. The van der Waals surface area contributed by atoms with Crippen molar-refractivity contribution >= 4 is 17.7 Å². The van der Waals surface area contributed by atoms with Gasteiger partial charge in [-0.1, -0.05) is 6.42 Å². The highest BCUT2D eigenvalue weighted by Gasteiger charge is 2.15. The molecule has 1 aromatic carbocycles. The van der Waals surface area contributed by atoms with Crippen molar-refractivity contribution in [2.24, 2.45) is 0 Å². The van der Waals surface area contributed by atoms with Crippen molar-refractivity contribution in [2.45, 2.75) is 52.1 Å². The molecule has 0 saturated heterocycles. The number of nitro benzene ring substituents is 1. The Morgan fingerprint density at radius 3 is 2.32 bits per heavy atom. The van der Waals surface area contributed by atoms with Gasteiger partial charge < -0.3 is 14.8 Å². The first-order valence-corrected chi connectivity index (χ1v) is 8.09. The van der Waals surface area contributed by atoms with Crippen LogP contribution in [0.25, 0.3) is 0 Å². The molecule has 0 radical (unpaired) electrons. The molecule has 8 heteroatoms. The summed E-state index contributed by atoms with van der Waals surface area (Å²) in [7, 11) is 0. The summed E-state index contributed by atoms with van der Waals surface area (Å²) in [6, 6.07) is 5.34. The van der Waals surface area contributed by atoms with Crippen LogP contribution in [-0.2, 0) is 9.53 Å². The standard InChI is InChI=1S/C17H24N2O6/c1-17(2,3)25-16(21)18-12-6-4-5-7-15(20)24-14-10-8-13(9-11-14)19(22)23/h8-11H,4-7,12H2,1-3H3,(H,18,21). The first-order valence-electron chi connectivity index (χ1n) is 8.09.